The van der Waals surface area contributed by atoms with Gasteiger partial charge in [-0.3, -0.25) is 0 Å². The molecule has 28 heavy (non-hydrogen) atoms. The van der Waals surface area contributed by atoms with Crippen molar-refractivity contribution in [3.8, 4) is 17.6 Å². The van der Waals surface area contributed by atoms with Crippen molar-refractivity contribution in [3.63, 3.8) is 0 Å². The van der Waals surface area contributed by atoms with E-state index in [1.54, 1.807) is 19.1 Å². The number of carbonyl (C=O) groups is 1. The van der Waals surface area contributed by atoms with E-state index in [4.69, 9.17) is 9.47 Å². The summed E-state index contributed by atoms with van der Waals surface area (Å²) in [6, 6.07) is 7.65. The van der Waals surface area contributed by atoms with Gasteiger partial charge in [0.1, 0.15) is 17.0 Å². The highest BCUT2D eigenvalue weighted by Gasteiger charge is 2.39. The highest BCUT2D eigenvalue weighted by Crippen LogP contribution is 2.45. The molecule has 1 aromatic heterocycles. The van der Waals surface area contributed by atoms with E-state index in [1.807, 2.05) is 6.92 Å². The largest absolute Gasteiger partial charge is 0.488 e. The number of aryl methyl sites for hydroxylation is 1. The summed E-state index contributed by atoms with van der Waals surface area (Å²) in [5, 5.41) is 0. The second kappa shape index (κ2) is 7.31. The van der Waals surface area contributed by atoms with Crippen LogP contribution in [-0.2, 0) is 10.2 Å². The fourth-order valence-corrected chi connectivity index (χ4v) is 3.86. The number of hydrogen-bond acceptors (Lipinski definition) is 4. The highest BCUT2D eigenvalue weighted by atomic mass is 16.5. The van der Waals surface area contributed by atoms with Crippen LogP contribution in [0.3, 0.4) is 0 Å². The van der Waals surface area contributed by atoms with Crippen molar-refractivity contribution >= 4 is 5.97 Å². The second-order valence-electron chi connectivity index (χ2n) is 8.49. The molecule has 0 amide bonds. The Kier molecular flexibility index (Phi) is 5.21. The van der Waals surface area contributed by atoms with Crippen LogP contribution in [0.1, 0.15) is 73.8 Å². The van der Waals surface area contributed by atoms with Gasteiger partial charge in [0, 0.05) is 17.3 Å². The first kappa shape index (κ1) is 19.9. The second-order valence-corrected chi connectivity index (χ2v) is 8.49. The third-order valence-corrected chi connectivity index (χ3v) is 4.91. The molecule has 0 unspecified atom stereocenters. The summed E-state index contributed by atoms with van der Waals surface area (Å²) in [6.45, 7) is 12.9. The van der Waals surface area contributed by atoms with E-state index < -0.39 is 0 Å². The van der Waals surface area contributed by atoms with Crippen LogP contribution < -0.4 is 4.74 Å². The van der Waals surface area contributed by atoms with Crippen LogP contribution >= 0.6 is 0 Å². The van der Waals surface area contributed by atoms with Crippen LogP contribution in [0.15, 0.2) is 30.5 Å². The molecule has 1 aliphatic heterocycles. The van der Waals surface area contributed by atoms with Crippen molar-refractivity contribution in [1.82, 2.24) is 4.98 Å². The zero-order chi connectivity index (χ0) is 20.5. The minimum absolute atomic E-state index is 0.0146. The Morgan fingerprint density at radius 3 is 2.61 bits per heavy atom. The Labute approximate surface area is 167 Å². The molecule has 2 heterocycles. The number of nitrogens with zero attached hydrogens (tertiary/aromatic N) is 1. The number of aromatic nitrogens is 1. The van der Waals surface area contributed by atoms with Gasteiger partial charge in [0.2, 0.25) is 0 Å². The molecule has 0 saturated heterocycles. The van der Waals surface area contributed by atoms with Crippen molar-refractivity contribution in [1.29, 1.82) is 0 Å². The van der Waals surface area contributed by atoms with E-state index in [2.05, 4.69) is 56.7 Å². The molecule has 0 spiro atoms. The van der Waals surface area contributed by atoms with Gasteiger partial charge in [0.25, 0.3) is 0 Å². The lowest BCUT2D eigenvalue weighted by molar-refractivity contribution is 0.0521. The summed E-state index contributed by atoms with van der Waals surface area (Å²) in [6.07, 6.45) is 2.45. The van der Waals surface area contributed by atoms with E-state index in [9.17, 15) is 4.79 Å². The molecule has 0 fully saturated rings. The van der Waals surface area contributed by atoms with E-state index in [0.717, 1.165) is 23.3 Å². The minimum atomic E-state index is -0.370. The zero-order valence-electron chi connectivity index (χ0n) is 17.5. The number of esters is 1. The molecule has 2 aromatic rings. The number of fused-ring (bicyclic) bond motifs is 1. The predicted octanol–water partition coefficient (Wildman–Crippen LogP) is 4.81. The Morgan fingerprint density at radius 2 is 1.96 bits per heavy atom. The maximum absolute atomic E-state index is 11.7. The average molecular weight is 377 g/mol. The predicted molar refractivity (Wildman–Crippen MR) is 110 cm³/mol. The molecule has 146 valence electrons. The quantitative estimate of drug-likeness (QED) is 0.557. The van der Waals surface area contributed by atoms with E-state index in [-0.39, 0.29) is 17.0 Å². The van der Waals surface area contributed by atoms with E-state index in [1.165, 1.54) is 11.8 Å². The van der Waals surface area contributed by atoms with Gasteiger partial charge in [-0.15, -0.1) is 0 Å². The van der Waals surface area contributed by atoms with E-state index in [0.29, 0.717) is 17.9 Å². The Bertz CT molecular complexity index is 960. The SMILES string of the molecule is CCOC(=O)c1ccc(C#Cc2cc3c(cc2C)OC(C)(C)CC3(C)C)nc1. The van der Waals surface area contributed by atoms with Crippen LogP contribution in [0, 0.1) is 18.8 Å². The van der Waals surface area contributed by atoms with Crippen LogP contribution in [0.2, 0.25) is 0 Å². The lowest BCUT2D eigenvalue weighted by Crippen LogP contribution is -2.41. The summed E-state index contributed by atoms with van der Waals surface area (Å²) < 4.78 is 11.2. The van der Waals surface area contributed by atoms with Gasteiger partial charge in [0.15, 0.2) is 0 Å². The van der Waals surface area contributed by atoms with E-state index >= 15 is 0 Å². The number of hydrogen-bond donors (Lipinski definition) is 0. The summed E-state index contributed by atoms with van der Waals surface area (Å²) >= 11 is 0. The maximum atomic E-state index is 11.7. The summed E-state index contributed by atoms with van der Waals surface area (Å²) in [7, 11) is 0. The van der Waals surface area contributed by atoms with Crippen molar-refractivity contribution in [2.75, 3.05) is 6.61 Å². The topological polar surface area (TPSA) is 48.4 Å². The maximum Gasteiger partial charge on any atom is 0.339 e. The highest BCUT2D eigenvalue weighted by molar-refractivity contribution is 5.89. The zero-order valence-corrected chi connectivity index (χ0v) is 17.5. The molecular formula is C24H27NO3. The molecule has 4 nitrogen and oxygen atoms in total. The number of pyridine rings is 1. The van der Waals surface area contributed by atoms with Crippen LogP contribution in [0.5, 0.6) is 5.75 Å². The Hall–Kier alpha value is -2.80. The van der Waals surface area contributed by atoms with Crippen LogP contribution in [0.4, 0.5) is 0 Å². The molecule has 0 saturated carbocycles. The van der Waals surface area contributed by atoms with Gasteiger partial charge in [0.05, 0.1) is 12.2 Å². The molecule has 1 aliphatic rings. The van der Waals surface area contributed by atoms with Crippen LogP contribution in [-0.4, -0.2) is 23.2 Å². The standard InChI is InChI=1S/C24H27NO3/c1-7-27-22(26)18-9-11-19(25-14-18)10-8-17-13-20-21(12-16(17)2)28-24(5,6)15-23(20,3)4/h9,11-14H,7,15H2,1-6H3. The fraction of sp³-hybridized carbons (Fsp3) is 0.417. The molecular weight excluding hydrogens is 350 g/mol. The van der Waals surface area contributed by atoms with Gasteiger partial charge in [-0.05, 0) is 75.3 Å². The third-order valence-electron chi connectivity index (χ3n) is 4.91. The first-order valence-electron chi connectivity index (χ1n) is 9.61. The first-order valence-corrected chi connectivity index (χ1v) is 9.61. The van der Waals surface area contributed by atoms with Crippen LogP contribution in [0.25, 0.3) is 0 Å². The summed E-state index contributed by atoms with van der Waals surface area (Å²) in [5.74, 6) is 6.90. The molecule has 0 bridgehead atoms. The van der Waals surface area contributed by atoms with Gasteiger partial charge >= 0.3 is 5.97 Å². The Morgan fingerprint density at radius 1 is 1.21 bits per heavy atom. The van der Waals surface area contributed by atoms with Crippen molar-refractivity contribution in [2.24, 2.45) is 0 Å². The third kappa shape index (κ3) is 4.20. The average Bonchev–Trinajstić information content (AvgIpc) is 2.59. The lowest BCUT2D eigenvalue weighted by atomic mass is 9.73. The Balaban J connectivity index is 1.90. The number of benzene rings is 1. The molecule has 0 N–H and O–H groups in total. The normalized spacial score (nSPS) is 16.2. The molecule has 0 atom stereocenters. The molecule has 0 radical (unpaired) electrons. The number of ether oxygens (including phenoxy) is 2. The molecule has 3 rings (SSSR count). The first-order chi connectivity index (χ1) is 13.1. The van der Waals surface area contributed by atoms with Crippen molar-refractivity contribution in [2.45, 2.75) is 59.0 Å². The molecule has 4 heteroatoms. The van der Waals surface area contributed by atoms with Crippen molar-refractivity contribution < 1.29 is 14.3 Å². The van der Waals surface area contributed by atoms with Crippen molar-refractivity contribution in [3.05, 3.63) is 58.4 Å². The summed E-state index contributed by atoms with van der Waals surface area (Å²) in [4.78, 5) is 16.0. The van der Waals surface area contributed by atoms with Gasteiger partial charge < -0.3 is 9.47 Å². The summed E-state index contributed by atoms with van der Waals surface area (Å²) in [5.41, 5.74) is 4.10. The fourth-order valence-electron chi connectivity index (χ4n) is 3.86. The number of carbonyl (C=O) groups excluding carboxylic acids is 1. The monoisotopic (exact) mass is 377 g/mol. The molecule has 1 aromatic carbocycles. The smallest absolute Gasteiger partial charge is 0.339 e. The van der Waals surface area contributed by atoms with Gasteiger partial charge in [-0.2, -0.15) is 0 Å². The minimum Gasteiger partial charge on any atom is -0.488 e. The lowest BCUT2D eigenvalue weighted by Gasteiger charge is -2.42. The van der Waals surface area contributed by atoms with Gasteiger partial charge in [-0.1, -0.05) is 19.8 Å². The molecule has 0 aliphatic carbocycles. The van der Waals surface area contributed by atoms with Gasteiger partial charge in [-0.25, -0.2) is 9.78 Å². The number of rotatable bonds is 2.